The van der Waals surface area contributed by atoms with Crippen molar-refractivity contribution < 1.29 is 31.1 Å². The molecule has 11 heteroatoms. The highest BCUT2D eigenvalue weighted by Crippen LogP contribution is 2.19. The van der Waals surface area contributed by atoms with Gasteiger partial charge in [-0.2, -0.15) is 4.31 Å². The van der Waals surface area contributed by atoms with E-state index in [-0.39, 0.29) is 12.3 Å². The SMILES string of the molecule is CCCN(CC(=O)Nc1ccc(F)c(F)c1F)S(=O)(=O)CCCN1CCOCC1. The number of sulfonamides is 1. The molecule has 1 amide bonds. The van der Waals surface area contributed by atoms with Crippen LogP contribution in [0.15, 0.2) is 12.1 Å². The third-order valence-corrected chi connectivity index (χ3v) is 6.38. The first-order valence-electron chi connectivity index (χ1n) is 9.46. The van der Waals surface area contributed by atoms with Gasteiger partial charge in [0.15, 0.2) is 17.5 Å². The minimum Gasteiger partial charge on any atom is -0.379 e. The van der Waals surface area contributed by atoms with E-state index in [2.05, 4.69) is 10.2 Å². The maximum Gasteiger partial charge on any atom is 0.239 e. The molecule has 1 saturated heterocycles. The molecule has 1 aromatic rings. The number of rotatable bonds is 10. The molecule has 1 heterocycles. The number of amides is 1. The number of hydrogen-bond acceptors (Lipinski definition) is 5. The van der Waals surface area contributed by atoms with Crippen LogP contribution in [0.4, 0.5) is 18.9 Å². The number of anilines is 1. The van der Waals surface area contributed by atoms with Gasteiger partial charge in [-0.1, -0.05) is 6.92 Å². The first-order valence-corrected chi connectivity index (χ1v) is 11.1. The van der Waals surface area contributed by atoms with Crippen LogP contribution in [-0.2, 0) is 19.6 Å². The quantitative estimate of drug-likeness (QED) is 0.565. The molecule has 0 saturated carbocycles. The van der Waals surface area contributed by atoms with Crippen molar-refractivity contribution in [2.24, 2.45) is 0 Å². The fourth-order valence-electron chi connectivity index (χ4n) is 2.96. The molecular weight excluding hydrogens is 411 g/mol. The molecule has 29 heavy (non-hydrogen) atoms. The summed E-state index contributed by atoms with van der Waals surface area (Å²) >= 11 is 0. The summed E-state index contributed by atoms with van der Waals surface area (Å²) in [6.45, 7) is 4.70. The molecule has 0 aromatic heterocycles. The van der Waals surface area contributed by atoms with Gasteiger partial charge >= 0.3 is 0 Å². The predicted octanol–water partition coefficient (Wildman–Crippen LogP) is 1.81. The topological polar surface area (TPSA) is 79.0 Å². The third-order valence-electron chi connectivity index (χ3n) is 4.48. The Bertz CT molecular complexity index is 802. The Kier molecular flexibility index (Phi) is 8.87. The van der Waals surface area contributed by atoms with Crippen molar-refractivity contribution >= 4 is 21.6 Å². The van der Waals surface area contributed by atoms with Gasteiger partial charge in [-0.05, 0) is 31.5 Å². The van der Waals surface area contributed by atoms with E-state index in [1.165, 1.54) is 0 Å². The third kappa shape index (κ3) is 6.95. The average molecular weight is 437 g/mol. The largest absolute Gasteiger partial charge is 0.379 e. The van der Waals surface area contributed by atoms with Crippen LogP contribution >= 0.6 is 0 Å². The fourth-order valence-corrected chi connectivity index (χ4v) is 4.49. The summed E-state index contributed by atoms with van der Waals surface area (Å²) in [5.41, 5.74) is -0.546. The lowest BCUT2D eigenvalue weighted by Crippen LogP contribution is -2.41. The first-order chi connectivity index (χ1) is 13.7. The van der Waals surface area contributed by atoms with Crippen molar-refractivity contribution in [2.75, 3.05) is 57.0 Å². The molecule has 7 nitrogen and oxygen atoms in total. The number of morpholine rings is 1. The minimum atomic E-state index is -3.71. The zero-order chi connectivity index (χ0) is 21.4. The van der Waals surface area contributed by atoms with E-state index >= 15 is 0 Å². The molecule has 1 N–H and O–H groups in total. The molecule has 1 aliphatic rings. The zero-order valence-electron chi connectivity index (χ0n) is 16.3. The molecule has 1 aromatic carbocycles. The van der Waals surface area contributed by atoms with E-state index in [1.54, 1.807) is 6.92 Å². The van der Waals surface area contributed by atoms with Gasteiger partial charge in [-0.15, -0.1) is 0 Å². The molecule has 0 bridgehead atoms. The lowest BCUT2D eigenvalue weighted by Gasteiger charge is -2.27. The van der Waals surface area contributed by atoms with Crippen molar-refractivity contribution in [1.82, 2.24) is 9.21 Å². The zero-order valence-corrected chi connectivity index (χ0v) is 17.1. The summed E-state index contributed by atoms with van der Waals surface area (Å²) in [6, 6.07) is 1.56. The maximum absolute atomic E-state index is 13.7. The average Bonchev–Trinajstić information content (AvgIpc) is 2.69. The van der Waals surface area contributed by atoms with Crippen molar-refractivity contribution in [3.63, 3.8) is 0 Å². The summed E-state index contributed by atoms with van der Waals surface area (Å²) in [5, 5.41) is 2.10. The Hall–Kier alpha value is -1.69. The van der Waals surface area contributed by atoms with Crippen LogP contribution in [0.3, 0.4) is 0 Å². The normalized spacial score (nSPS) is 15.6. The van der Waals surface area contributed by atoms with Crippen LogP contribution in [0, 0.1) is 17.5 Å². The highest BCUT2D eigenvalue weighted by atomic mass is 32.2. The Morgan fingerprint density at radius 2 is 1.90 bits per heavy atom. The van der Waals surface area contributed by atoms with Gasteiger partial charge in [0.05, 0.1) is 31.2 Å². The number of benzene rings is 1. The van der Waals surface area contributed by atoms with Gasteiger partial charge in [-0.25, -0.2) is 21.6 Å². The number of halogens is 3. The molecule has 0 atom stereocenters. The molecule has 164 valence electrons. The minimum absolute atomic E-state index is 0.119. The highest BCUT2D eigenvalue weighted by Gasteiger charge is 2.25. The number of nitrogens with zero attached hydrogens (tertiary/aromatic N) is 2. The van der Waals surface area contributed by atoms with E-state index in [0.717, 1.165) is 23.5 Å². The van der Waals surface area contributed by atoms with Gasteiger partial charge in [0.25, 0.3) is 0 Å². The Morgan fingerprint density at radius 3 is 2.55 bits per heavy atom. The summed E-state index contributed by atoms with van der Waals surface area (Å²) in [5.74, 6) is -5.58. The lowest BCUT2D eigenvalue weighted by molar-refractivity contribution is -0.116. The van der Waals surface area contributed by atoms with E-state index < -0.39 is 45.6 Å². The second kappa shape index (κ2) is 10.9. The Morgan fingerprint density at radius 1 is 1.21 bits per heavy atom. The summed E-state index contributed by atoms with van der Waals surface area (Å²) in [6.07, 6.45) is 0.886. The van der Waals surface area contributed by atoms with Crippen LogP contribution in [0.2, 0.25) is 0 Å². The number of nitrogens with one attached hydrogen (secondary N) is 1. The number of hydrogen-bond donors (Lipinski definition) is 1. The smallest absolute Gasteiger partial charge is 0.239 e. The fraction of sp³-hybridized carbons (Fsp3) is 0.611. The standard InChI is InChI=1S/C18H26F3N3O4S/c1-2-6-24(29(26,27)12-3-7-23-8-10-28-11-9-23)13-16(25)22-15-5-4-14(19)17(20)18(15)21/h4-5H,2-3,6-13H2,1H3,(H,22,25). The number of ether oxygens (including phenoxy) is 1. The monoisotopic (exact) mass is 437 g/mol. The van der Waals surface area contributed by atoms with Gasteiger partial charge in [0, 0.05) is 19.6 Å². The van der Waals surface area contributed by atoms with E-state index in [1.807, 2.05) is 0 Å². The molecule has 0 radical (unpaired) electrons. The van der Waals surface area contributed by atoms with Crippen molar-refractivity contribution in [1.29, 1.82) is 0 Å². The van der Waals surface area contributed by atoms with Crippen LogP contribution in [0.1, 0.15) is 19.8 Å². The molecule has 0 unspecified atom stereocenters. The van der Waals surface area contributed by atoms with Crippen molar-refractivity contribution in [3.8, 4) is 0 Å². The molecule has 1 fully saturated rings. The molecule has 0 aliphatic carbocycles. The molecule has 2 rings (SSSR count). The van der Waals surface area contributed by atoms with Crippen molar-refractivity contribution in [2.45, 2.75) is 19.8 Å². The second-order valence-corrected chi connectivity index (χ2v) is 8.82. The summed E-state index contributed by atoms with van der Waals surface area (Å²) < 4.78 is 71.5. The van der Waals surface area contributed by atoms with Crippen LogP contribution < -0.4 is 5.32 Å². The van der Waals surface area contributed by atoms with Gasteiger partial charge in [0.2, 0.25) is 15.9 Å². The van der Waals surface area contributed by atoms with Crippen LogP contribution in [0.5, 0.6) is 0 Å². The van der Waals surface area contributed by atoms with Gasteiger partial charge in [-0.3, -0.25) is 9.69 Å². The summed E-state index contributed by atoms with van der Waals surface area (Å²) in [4.78, 5) is 14.3. The predicted molar refractivity (Wildman–Crippen MR) is 102 cm³/mol. The first kappa shape index (κ1) is 23.6. The molecule has 0 spiro atoms. The Balaban J connectivity index is 1.94. The molecule has 1 aliphatic heterocycles. The Labute approximate surface area is 168 Å². The van der Waals surface area contributed by atoms with Gasteiger partial charge < -0.3 is 10.1 Å². The lowest BCUT2D eigenvalue weighted by atomic mass is 10.2. The highest BCUT2D eigenvalue weighted by molar-refractivity contribution is 7.89. The second-order valence-electron chi connectivity index (χ2n) is 6.73. The van der Waals surface area contributed by atoms with Crippen LogP contribution in [-0.4, -0.2) is 75.2 Å². The van der Waals surface area contributed by atoms with E-state index in [4.69, 9.17) is 4.74 Å². The van der Waals surface area contributed by atoms with E-state index in [0.29, 0.717) is 38.7 Å². The van der Waals surface area contributed by atoms with Crippen molar-refractivity contribution in [3.05, 3.63) is 29.6 Å². The van der Waals surface area contributed by atoms with Crippen LogP contribution in [0.25, 0.3) is 0 Å². The summed E-state index contributed by atoms with van der Waals surface area (Å²) in [7, 11) is -3.71. The van der Waals surface area contributed by atoms with E-state index in [9.17, 15) is 26.4 Å². The van der Waals surface area contributed by atoms with Gasteiger partial charge in [0.1, 0.15) is 0 Å². The molecular formula is C18H26F3N3O4S. The maximum atomic E-state index is 13.7. The number of carbonyl (C=O) groups excluding carboxylic acids is 1. The number of carbonyl (C=O) groups is 1.